The molecule has 16 heavy (non-hydrogen) atoms. The minimum Gasteiger partial charge on any atom is -0.784 e. The third-order valence-corrected chi connectivity index (χ3v) is 5.02. The Bertz CT molecular complexity index is 326. The second-order valence-electron chi connectivity index (χ2n) is 4.81. The summed E-state index contributed by atoms with van der Waals surface area (Å²) < 4.78 is 15.8. The van der Waals surface area contributed by atoms with Crippen molar-refractivity contribution in [3.05, 3.63) is 16.9 Å². The van der Waals surface area contributed by atoms with E-state index in [1.807, 2.05) is 33.8 Å². The van der Waals surface area contributed by atoms with Crippen molar-refractivity contribution in [2.75, 3.05) is 12.9 Å². The second-order valence-corrected chi connectivity index (χ2v) is 7.60. The second kappa shape index (κ2) is 4.78. The first-order valence-corrected chi connectivity index (χ1v) is 7.58. The Hall–Kier alpha value is 0.120. The normalized spacial score (nSPS) is 25.5. The molecule has 1 aliphatic rings. The topological polar surface area (TPSA) is 52.6 Å². The molecule has 6 heteroatoms. The molecule has 94 valence electrons. The maximum Gasteiger partial charge on any atom is 0.219 e. The van der Waals surface area contributed by atoms with Crippen molar-refractivity contribution in [2.45, 2.75) is 38.8 Å². The molecule has 1 rings (SSSR count). The van der Waals surface area contributed by atoms with Gasteiger partial charge in [0, 0.05) is 16.8 Å². The van der Waals surface area contributed by atoms with Crippen molar-refractivity contribution in [3.63, 3.8) is 0 Å². The average molecular weight is 264 g/mol. The van der Waals surface area contributed by atoms with Gasteiger partial charge >= 0.3 is 0 Å². The molecule has 0 bridgehead atoms. The maximum atomic E-state index is 12.0. The van der Waals surface area contributed by atoms with Crippen molar-refractivity contribution in [3.8, 4) is 0 Å². The van der Waals surface area contributed by atoms with Gasteiger partial charge in [-0.1, -0.05) is 6.08 Å². The molecule has 1 atom stereocenters. The first kappa shape index (κ1) is 14.2. The van der Waals surface area contributed by atoms with E-state index in [-0.39, 0.29) is 0 Å². The minimum absolute atomic E-state index is 0.492. The molecule has 0 amide bonds. The standard InChI is InChI=1S/C10H18NO3S2/c1-9(2)6-8(7-15-16(13)14-5)10(3,4)11(9)12/h6H,7H2,1-5H3/q-1. The summed E-state index contributed by atoms with van der Waals surface area (Å²) in [6, 6.07) is 0. The molecule has 0 aromatic heterocycles. The van der Waals surface area contributed by atoms with E-state index < -0.39 is 21.2 Å². The summed E-state index contributed by atoms with van der Waals surface area (Å²) in [7, 11) is 1.26. The van der Waals surface area contributed by atoms with Crippen molar-refractivity contribution in [2.24, 2.45) is 0 Å². The van der Waals surface area contributed by atoms with Crippen molar-refractivity contribution in [1.82, 2.24) is 5.06 Å². The largest absolute Gasteiger partial charge is 0.784 e. The van der Waals surface area contributed by atoms with Crippen LogP contribution in [0.25, 0.3) is 0 Å². The molecule has 0 aromatic rings. The zero-order valence-corrected chi connectivity index (χ0v) is 11.9. The highest BCUT2D eigenvalue weighted by Crippen LogP contribution is 2.40. The molecule has 0 spiro atoms. The SMILES string of the molecule is COS(=O)SCC1=CC(C)(C)N([O-])C1(C)C. The predicted octanol–water partition coefficient (Wildman–Crippen LogP) is 2.24. The van der Waals surface area contributed by atoms with Crippen molar-refractivity contribution in [1.29, 1.82) is 0 Å². The lowest BCUT2D eigenvalue weighted by atomic mass is 9.98. The summed E-state index contributed by atoms with van der Waals surface area (Å²) in [5.41, 5.74) is -0.0227. The molecule has 0 N–H and O–H groups in total. The zero-order valence-electron chi connectivity index (χ0n) is 10.3. The smallest absolute Gasteiger partial charge is 0.219 e. The van der Waals surface area contributed by atoms with Gasteiger partial charge in [0.05, 0.1) is 7.11 Å². The van der Waals surface area contributed by atoms with Gasteiger partial charge in [-0.05, 0) is 44.1 Å². The number of hydrogen-bond acceptors (Lipinski definition) is 5. The van der Waals surface area contributed by atoms with Gasteiger partial charge in [-0.2, -0.15) is 0 Å². The van der Waals surface area contributed by atoms with Crippen LogP contribution in [0.3, 0.4) is 0 Å². The highest BCUT2D eigenvalue weighted by Gasteiger charge is 2.39. The van der Waals surface area contributed by atoms with Crippen LogP contribution in [-0.2, 0) is 14.3 Å². The summed E-state index contributed by atoms with van der Waals surface area (Å²) >= 11 is 0. The van der Waals surface area contributed by atoms with Crippen LogP contribution in [0.5, 0.6) is 0 Å². The van der Waals surface area contributed by atoms with E-state index in [0.29, 0.717) is 5.75 Å². The lowest BCUT2D eigenvalue weighted by Crippen LogP contribution is -2.46. The average Bonchev–Trinajstić information content (AvgIpc) is 2.35. The van der Waals surface area contributed by atoms with Gasteiger partial charge in [0.1, 0.15) is 0 Å². The minimum atomic E-state index is -1.34. The Morgan fingerprint density at radius 1 is 1.50 bits per heavy atom. The van der Waals surface area contributed by atoms with E-state index in [4.69, 9.17) is 0 Å². The van der Waals surface area contributed by atoms with Crippen LogP contribution in [0.4, 0.5) is 0 Å². The van der Waals surface area contributed by atoms with Crippen LogP contribution >= 0.6 is 10.8 Å². The monoisotopic (exact) mass is 264 g/mol. The zero-order chi connectivity index (χ0) is 12.6. The third-order valence-electron chi connectivity index (χ3n) is 2.79. The summed E-state index contributed by atoms with van der Waals surface area (Å²) in [5, 5.41) is 13.1. The Kier molecular flexibility index (Phi) is 4.23. The summed E-state index contributed by atoms with van der Waals surface area (Å²) in [5.74, 6) is 0.551. The van der Waals surface area contributed by atoms with E-state index in [1.54, 1.807) is 0 Å². The lowest BCUT2D eigenvalue weighted by Gasteiger charge is -2.47. The molecular weight excluding hydrogens is 246 g/mol. The van der Waals surface area contributed by atoms with Crippen LogP contribution in [0.1, 0.15) is 27.7 Å². The molecule has 4 nitrogen and oxygen atoms in total. The van der Waals surface area contributed by atoms with Crippen LogP contribution < -0.4 is 0 Å². The van der Waals surface area contributed by atoms with Crippen LogP contribution in [0.15, 0.2) is 11.6 Å². The van der Waals surface area contributed by atoms with Crippen molar-refractivity contribution < 1.29 is 8.39 Å². The fourth-order valence-electron chi connectivity index (χ4n) is 1.89. The first-order valence-electron chi connectivity index (χ1n) is 5.01. The summed E-state index contributed by atoms with van der Waals surface area (Å²) in [6.45, 7) is 7.53. The molecule has 1 unspecified atom stereocenters. The lowest BCUT2D eigenvalue weighted by molar-refractivity contribution is 0.159. The van der Waals surface area contributed by atoms with Gasteiger partial charge < -0.3 is 10.3 Å². The van der Waals surface area contributed by atoms with Gasteiger partial charge in [-0.15, -0.1) is 0 Å². The van der Waals surface area contributed by atoms with Gasteiger partial charge in [0.15, 0.2) is 0 Å². The molecule has 0 aliphatic carbocycles. The molecular formula is C10H18NO3S2-. The number of hydroxylamine groups is 2. The quantitative estimate of drug-likeness (QED) is 0.576. The van der Waals surface area contributed by atoms with E-state index in [9.17, 15) is 9.42 Å². The molecule has 0 aromatic carbocycles. The maximum absolute atomic E-state index is 12.0. The Morgan fingerprint density at radius 3 is 2.44 bits per heavy atom. The summed E-state index contributed by atoms with van der Waals surface area (Å²) in [6.07, 6.45) is 1.96. The number of nitrogens with zero attached hydrogens (tertiary/aromatic N) is 1. The number of rotatable bonds is 4. The van der Waals surface area contributed by atoms with E-state index in [2.05, 4.69) is 4.18 Å². The highest BCUT2D eigenvalue weighted by molar-refractivity contribution is 8.67. The third kappa shape index (κ3) is 2.68. The van der Waals surface area contributed by atoms with E-state index in [0.717, 1.165) is 10.6 Å². The Morgan fingerprint density at radius 2 is 2.06 bits per heavy atom. The van der Waals surface area contributed by atoms with Gasteiger partial charge in [-0.3, -0.25) is 4.18 Å². The van der Waals surface area contributed by atoms with Gasteiger partial charge in [0.2, 0.25) is 10.1 Å². The fraction of sp³-hybridized carbons (Fsp3) is 0.800. The molecule has 0 radical (unpaired) electrons. The molecule has 0 fully saturated rings. The fourth-order valence-corrected chi connectivity index (χ4v) is 3.60. The Labute approximate surface area is 103 Å². The highest BCUT2D eigenvalue weighted by atomic mass is 33.1. The first-order chi connectivity index (χ1) is 7.21. The van der Waals surface area contributed by atoms with E-state index in [1.165, 1.54) is 17.9 Å². The summed E-state index contributed by atoms with van der Waals surface area (Å²) in [4.78, 5) is 0. The van der Waals surface area contributed by atoms with Crippen LogP contribution in [-0.4, -0.2) is 33.2 Å². The predicted molar refractivity (Wildman–Crippen MR) is 69.1 cm³/mol. The van der Waals surface area contributed by atoms with E-state index >= 15 is 0 Å². The van der Waals surface area contributed by atoms with Crippen LogP contribution in [0.2, 0.25) is 0 Å². The molecule has 1 aliphatic heterocycles. The van der Waals surface area contributed by atoms with Gasteiger partial charge in [-0.25, -0.2) is 4.21 Å². The molecule has 0 saturated heterocycles. The molecule has 1 heterocycles. The van der Waals surface area contributed by atoms with Crippen molar-refractivity contribution >= 4 is 20.9 Å². The number of hydrogen-bond donors (Lipinski definition) is 0. The Balaban J connectivity index is 2.77. The van der Waals surface area contributed by atoms with Gasteiger partial charge in [0.25, 0.3) is 0 Å². The molecule has 0 saturated carbocycles. The van der Waals surface area contributed by atoms with Crippen LogP contribution in [0, 0.1) is 5.21 Å².